The maximum absolute atomic E-state index is 12.2. The van der Waals surface area contributed by atoms with Crippen molar-refractivity contribution in [3.8, 4) is 0 Å². The summed E-state index contributed by atoms with van der Waals surface area (Å²) in [6, 6.07) is 3.06. The molecule has 19 heavy (non-hydrogen) atoms. The van der Waals surface area contributed by atoms with E-state index >= 15 is 0 Å². The quantitative estimate of drug-likeness (QED) is 0.867. The van der Waals surface area contributed by atoms with Crippen LogP contribution in [0.5, 0.6) is 0 Å². The van der Waals surface area contributed by atoms with Crippen molar-refractivity contribution < 1.29 is 8.42 Å². The van der Waals surface area contributed by atoms with Crippen LogP contribution in [0.25, 0.3) is 0 Å². The third kappa shape index (κ3) is 3.91. The fourth-order valence-corrected chi connectivity index (χ4v) is 3.55. The van der Waals surface area contributed by atoms with Crippen molar-refractivity contribution in [1.82, 2.24) is 9.71 Å². The molecule has 0 saturated heterocycles. The van der Waals surface area contributed by atoms with E-state index in [0.29, 0.717) is 18.3 Å². The Labute approximate surface area is 114 Å². The summed E-state index contributed by atoms with van der Waals surface area (Å²) in [5, 5.41) is 2.84. The zero-order chi connectivity index (χ0) is 13.7. The molecular formula is C13H21N3O2S. The number of nitrogens with one attached hydrogen (secondary N) is 2. The van der Waals surface area contributed by atoms with E-state index in [9.17, 15) is 8.42 Å². The average Bonchev–Trinajstić information content (AvgIpc) is 2.46. The molecule has 0 atom stereocenters. The van der Waals surface area contributed by atoms with E-state index < -0.39 is 10.0 Å². The van der Waals surface area contributed by atoms with E-state index in [2.05, 4.69) is 15.0 Å². The Bertz CT molecular complexity index is 510. The summed E-state index contributed by atoms with van der Waals surface area (Å²) in [4.78, 5) is 4.28. The van der Waals surface area contributed by atoms with Crippen molar-refractivity contribution in [2.75, 3.05) is 18.9 Å². The Hall–Kier alpha value is -1.14. The first-order valence-electron chi connectivity index (χ1n) is 6.75. The van der Waals surface area contributed by atoms with Crippen molar-refractivity contribution in [3.63, 3.8) is 0 Å². The summed E-state index contributed by atoms with van der Waals surface area (Å²) >= 11 is 0. The monoisotopic (exact) mass is 283 g/mol. The van der Waals surface area contributed by atoms with Gasteiger partial charge in [-0.25, -0.2) is 18.1 Å². The summed E-state index contributed by atoms with van der Waals surface area (Å²) in [6.07, 6.45) is 7.46. The van der Waals surface area contributed by atoms with Crippen LogP contribution in [0.15, 0.2) is 23.2 Å². The highest BCUT2D eigenvalue weighted by atomic mass is 32.2. The van der Waals surface area contributed by atoms with E-state index in [-0.39, 0.29) is 4.90 Å². The Morgan fingerprint density at radius 3 is 2.74 bits per heavy atom. The van der Waals surface area contributed by atoms with Gasteiger partial charge in [0, 0.05) is 25.9 Å². The van der Waals surface area contributed by atoms with Crippen LogP contribution >= 0.6 is 0 Å². The third-order valence-corrected chi connectivity index (χ3v) is 5.01. The largest absolute Gasteiger partial charge is 0.373 e. The topological polar surface area (TPSA) is 71.1 Å². The van der Waals surface area contributed by atoms with E-state index in [1.807, 2.05) is 0 Å². The molecule has 2 N–H and O–H groups in total. The minimum absolute atomic E-state index is 0.266. The second-order valence-electron chi connectivity index (χ2n) is 4.98. The molecule has 1 fully saturated rings. The molecule has 0 aliphatic heterocycles. The second kappa shape index (κ2) is 6.34. The van der Waals surface area contributed by atoms with E-state index in [4.69, 9.17) is 0 Å². The van der Waals surface area contributed by atoms with Gasteiger partial charge in [0.15, 0.2) is 0 Å². The van der Waals surface area contributed by atoms with Crippen LogP contribution in [0.2, 0.25) is 0 Å². The molecule has 1 aromatic heterocycles. The van der Waals surface area contributed by atoms with Crippen molar-refractivity contribution in [2.45, 2.75) is 37.0 Å². The summed E-state index contributed by atoms with van der Waals surface area (Å²) in [6.45, 7) is 0.541. The van der Waals surface area contributed by atoms with Gasteiger partial charge in [0.2, 0.25) is 10.0 Å². The van der Waals surface area contributed by atoms with Crippen LogP contribution in [-0.2, 0) is 10.0 Å². The Morgan fingerprint density at radius 1 is 1.32 bits per heavy atom. The van der Waals surface area contributed by atoms with Gasteiger partial charge in [-0.2, -0.15) is 0 Å². The average molecular weight is 283 g/mol. The first-order chi connectivity index (χ1) is 9.12. The fourth-order valence-electron chi connectivity index (χ4n) is 2.42. The molecule has 5 nitrogen and oxygen atoms in total. The van der Waals surface area contributed by atoms with Gasteiger partial charge in [-0.1, -0.05) is 19.3 Å². The Balaban J connectivity index is 2.00. The number of nitrogens with zero attached hydrogens (tertiary/aromatic N) is 1. The van der Waals surface area contributed by atoms with Gasteiger partial charge in [0.25, 0.3) is 0 Å². The highest BCUT2D eigenvalue weighted by Gasteiger charge is 2.19. The lowest BCUT2D eigenvalue weighted by molar-refractivity contribution is 0.357. The van der Waals surface area contributed by atoms with Gasteiger partial charge in [0.1, 0.15) is 5.82 Å². The van der Waals surface area contributed by atoms with Crippen molar-refractivity contribution >= 4 is 15.8 Å². The Kier molecular flexibility index (Phi) is 4.76. The zero-order valence-electron chi connectivity index (χ0n) is 11.2. The number of sulfonamides is 1. The summed E-state index contributed by atoms with van der Waals surface area (Å²) in [7, 11) is -1.71. The molecule has 0 amide bonds. The van der Waals surface area contributed by atoms with Gasteiger partial charge in [-0.15, -0.1) is 0 Å². The number of pyridine rings is 1. The fraction of sp³-hybridized carbons (Fsp3) is 0.615. The molecule has 1 aliphatic rings. The predicted octanol–water partition coefficient (Wildman–Crippen LogP) is 1.98. The molecule has 1 saturated carbocycles. The van der Waals surface area contributed by atoms with Crippen LogP contribution in [0.1, 0.15) is 32.1 Å². The third-order valence-electron chi connectivity index (χ3n) is 3.58. The highest BCUT2D eigenvalue weighted by molar-refractivity contribution is 7.89. The highest BCUT2D eigenvalue weighted by Crippen LogP contribution is 2.23. The maximum atomic E-state index is 12.2. The van der Waals surface area contributed by atoms with Crippen LogP contribution in [0, 0.1) is 5.92 Å². The van der Waals surface area contributed by atoms with E-state index in [1.165, 1.54) is 31.5 Å². The lowest BCUT2D eigenvalue weighted by Crippen LogP contribution is -2.30. The SMILES string of the molecule is CNc1cc(S(=O)(=O)NCC2CCCCC2)ccn1. The van der Waals surface area contributed by atoms with Gasteiger partial charge in [-0.3, -0.25) is 0 Å². The molecule has 2 rings (SSSR count). The Morgan fingerprint density at radius 2 is 2.05 bits per heavy atom. The van der Waals surface area contributed by atoms with E-state index in [0.717, 1.165) is 12.8 Å². The normalized spacial score (nSPS) is 17.3. The molecule has 6 heteroatoms. The van der Waals surface area contributed by atoms with Crippen LogP contribution in [0.4, 0.5) is 5.82 Å². The molecule has 0 aromatic carbocycles. The van der Waals surface area contributed by atoms with Gasteiger partial charge in [0.05, 0.1) is 4.90 Å². The molecule has 0 radical (unpaired) electrons. The number of rotatable bonds is 5. The minimum atomic E-state index is -3.42. The number of hydrogen-bond acceptors (Lipinski definition) is 4. The smallest absolute Gasteiger partial charge is 0.240 e. The first-order valence-corrected chi connectivity index (χ1v) is 8.23. The molecular weight excluding hydrogens is 262 g/mol. The van der Waals surface area contributed by atoms with Crippen molar-refractivity contribution in [1.29, 1.82) is 0 Å². The zero-order valence-corrected chi connectivity index (χ0v) is 12.0. The standard InChI is InChI=1S/C13H21N3O2S/c1-14-13-9-12(7-8-15-13)19(17,18)16-10-11-5-3-2-4-6-11/h7-9,11,16H,2-6,10H2,1H3,(H,14,15). The molecule has 0 spiro atoms. The number of hydrogen-bond donors (Lipinski definition) is 2. The molecule has 106 valence electrons. The van der Waals surface area contributed by atoms with Crippen LogP contribution < -0.4 is 10.0 Å². The lowest BCUT2D eigenvalue weighted by Gasteiger charge is -2.21. The minimum Gasteiger partial charge on any atom is -0.373 e. The number of anilines is 1. The van der Waals surface area contributed by atoms with Crippen molar-refractivity contribution in [3.05, 3.63) is 18.3 Å². The van der Waals surface area contributed by atoms with Gasteiger partial charge in [-0.05, 0) is 24.8 Å². The van der Waals surface area contributed by atoms with Crippen LogP contribution in [-0.4, -0.2) is 27.0 Å². The molecule has 0 unspecified atom stereocenters. The lowest BCUT2D eigenvalue weighted by atomic mass is 9.90. The molecule has 1 aromatic rings. The second-order valence-corrected chi connectivity index (χ2v) is 6.75. The summed E-state index contributed by atoms with van der Waals surface area (Å²) in [5.74, 6) is 1.04. The molecule has 0 bridgehead atoms. The van der Waals surface area contributed by atoms with Crippen LogP contribution in [0.3, 0.4) is 0 Å². The van der Waals surface area contributed by atoms with Gasteiger partial charge >= 0.3 is 0 Å². The maximum Gasteiger partial charge on any atom is 0.240 e. The molecule has 1 aliphatic carbocycles. The predicted molar refractivity (Wildman–Crippen MR) is 75.5 cm³/mol. The summed E-state index contributed by atoms with van der Waals surface area (Å²) in [5.41, 5.74) is 0. The first kappa shape index (κ1) is 14.3. The van der Waals surface area contributed by atoms with Gasteiger partial charge < -0.3 is 5.32 Å². The van der Waals surface area contributed by atoms with E-state index in [1.54, 1.807) is 13.1 Å². The van der Waals surface area contributed by atoms with Crippen molar-refractivity contribution in [2.24, 2.45) is 5.92 Å². The molecule has 1 heterocycles. The summed E-state index contributed by atoms with van der Waals surface area (Å²) < 4.78 is 27.1. The number of aromatic nitrogens is 1.